The first-order chi connectivity index (χ1) is 9.34. The lowest BCUT2D eigenvalue weighted by Crippen LogP contribution is -2.18. The van der Waals surface area contributed by atoms with Gasteiger partial charge in [-0.15, -0.1) is 0 Å². The van der Waals surface area contributed by atoms with E-state index in [1.807, 2.05) is 66.7 Å². The van der Waals surface area contributed by atoms with E-state index in [1.165, 1.54) is 0 Å². The molecule has 96 valence electrons. The Balaban J connectivity index is 1.75. The van der Waals surface area contributed by atoms with Gasteiger partial charge in [0.05, 0.1) is 0 Å². The van der Waals surface area contributed by atoms with Gasteiger partial charge in [0.25, 0.3) is 0 Å². The molecule has 0 bridgehead atoms. The third-order valence-corrected chi connectivity index (χ3v) is 2.49. The molecular formula is C16H15NO2. The van der Waals surface area contributed by atoms with Crippen molar-refractivity contribution in [1.82, 2.24) is 5.32 Å². The zero-order valence-electron chi connectivity index (χ0n) is 10.5. The molecule has 0 heterocycles. The van der Waals surface area contributed by atoms with E-state index in [-0.39, 0.29) is 6.61 Å². The number of rotatable bonds is 4. The Morgan fingerprint density at radius 2 is 1.63 bits per heavy atom. The lowest BCUT2D eigenvalue weighted by molar-refractivity contribution is 0.143. The van der Waals surface area contributed by atoms with Crippen LogP contribution >= 0.6 is 0 Å². The van der Waals surface area contributed by atoms with Crippen LogP contribution in [0.5, 0.6) is 0 Å². The molecule has 19 heavy (non-hydrogen) atoms. The van der Waals surface area contributed by atoms with Crippen molar-refractivity contribution in [1.29, 1.82) is 0 Å². The largest absolute Gasteiger partial charge is 0.444 e. The topological polar surface area (TPSA) is 38.3 Å². The van der Waals surface area contributed by atoms with Gasteiger partial charge in [0.2, 0.25) is 0 Å². The molecule has 0 aliphatic rings. The summed E-state index contributed by atoms with van der Waals surface area (Å²) in [5, 5.41) is 2.56. The highest BCUT2D eigenvalue weighted by atomic mass is 16.5. The summed E-state index contributed by atoms with van der Waals surface area (Å²) < 4.78 is 5.06. The lowest BCUT2D eigenvalue weighted by Gasteiger charge is -2.03. The van der Waals surface area contributed by atoms with Crippen LogP contribution in [-0.4, -0.2) is 6.09 Å². The van der Waals surface area contributed by atoms with Crippen molar-refractivity contribution < 1.29 is 9.53 Å². The third kappa shape index (κ3) is 4.68. The van der Waals surface area contributed by atoms with Crippen molar-refractivity contribution in [3.8, 4) is 0 Å². The molecule has 1 N–H and O–H groups in total. The monoisotopic (exact) mass is 253 g/mol. The van der Waals surface area contributed by atoms with Crippen molar-refractivity contribution >= 4 is 12.2 Å². The Kier molecular flexibility index (Phi) is 4.76. The molecule has 0 unspecified atom stereocenters. The van der Waals surface area contributed by atoms with E-state index in [4.69, 9.17) is 4.74 Å². The fraction of sp³-hybridized carbons (Fsp3) is 0.0625. The summed E-state index contributed by atoms with van der Waals surface area (Å²) >= 11 is 0. The van der Waals surface area contributed by atoms with Gasteiger partial charge in [-0.3, -0.25) is 5.32 Å². The van der Waals surface area contributed by atoms with Gasteiger partial charge in [0, 0.05) is 6.20 Å². The number of amides is 1. The zero-order valence-corrected chi connectivity index (χ0v) is 10.5. The summed E-state index contributed by atoms with van der Waals surface area (Å²) in [6.07, 6.45) is 2.92. The lowest BCUT2D eigenvalue weighted by atomic mass is 10.2. The Labute approximate surface area is 112 Å². The molecular weight excluding hydrogens is 238 g/mol. The number of hydrogen-bond donors (Lipinski definition) is 1. The summed E-state index contributed by atoms with van der Waals surface area (Å²) in [4.78, 5) is 11.4. The van der Waals surface area contributed by atoms with E-state index < -0.39 is 6.09 Å². The molecule has 2 aromatic carbocycles. The van der Waals surface area contributed by atoms with Gasteiger partial charge in [-0.1, -0.05) is 60.7 Å². The Morgan fingerprint density at radius 3 is 2.32 bits per heavy atom. The van der Waals surface area contributed by atoms with Gasteiger partial charge in [-0.2, -0.15) is 0 Å². The van der Waals surface area contributed by atoms with Crippen LogP contribution in [0.4, 0.5) is 4.79 Å². The predicted molar refractivity (Wildman–Crippen MR) is 75.2 cm³/mol. The molecule has 2 aromatic rings. The molecule has 0 saturated heterocycles. The van der Waals surface area contributed by atoms with Crippen LogP contribution in [0.2, 0.25) is 0 Å². The number of alkyl carbamates (subject to hydrolysis) is 1. The summed E-state index contributed by atoms with van der Waals surface area (Å²) in [7, 11) is 0. The number of carbonyl (C=O) groups excluding carboxylic acids is 1. The minimum atomic E-state index is -0.462. The van der Waals surface area contributed by atoms with Gasteiger partial charge in [-0.25, -0.2) is 4.79 Å². The first-order valence-electron chi connectivity index (χ1n) is 6.03. The molecule has 0 fully saturated rings. The minimum absolute atomic E-state index is 0.270. The van der Waals surface area contributed by atoms with E-state index in [0.717, 1.165) is 11.1 Å². The fourth-order valence-electron chi connectivity index (χ4n) is 1.53. The number of carbonyl (C=O) groups is 1. The molecule has 0 aromatic heterocycles. The Bertz CT molecular complexity index is 535. The second kappa shape index (κ2) is 7.01. The molecule has 0 atom stereocenters. The minimum Gasteiger partial charge on any atom is -0.444 e. The van der Waals surface area contributed by atoms with E-state index in [1.54, 1.807) is 6.20 Å². The highest BCUT2D eigenvalue weighted by Gasteiger charge is 1.99. The first kappa shape index (κ1) is 12.9. The molecule has 3 heteroatoms. The average molecular weight is 253 g/mol. The highest BCUT2D eigenvalue weighted by molar-refractivity contribution is 5.69. The molecule has 0 saturated carbocycles. The van der Waals surface area contributed by atoms with Gasteiger partial charge < -0.3 is 4.74 Å². The van der Waals surface area contributed by atoms with E-state index in [2.05, 4.69) is 5.32 Å². The molecule has 1 amide bonds. The van der Waals surface area contributed by atoms with Crippen LogP contribution < -0.4 is 5.32 Å². The van der Waals surface area contributed by atoms with Crippen molar-refractivity contribution in [2.24, 2.45) is 0 Å². The van der Waals surface area contributed by atoms with Crippen LogP contribution in [0.15, 0.2) is 66.9 Å². The molecule has 0 spiro atoms. The van der Waals surface area contributed by atoms with Gasteiger partial charge >= 0.3 is 6.09 Å². The Hall–Kier alpha value is -2.55. The SMILES string of the molecule is O=C(N/C=C/c1ccccc1)OCc1ccccc1. The number of ether oxygens (including phenoxy) is 1. The van der Waals surface area contributed by atoms with Crippen LogP contribution in [0.25, 0.3) is 6.08 Å². The average Bonchev–Trinajstić information content (AvgIpc) is 2.47. The quantitative estimate of drug-likeness (QED) is 0.904. The molecule has 0 radical (unpaired) electrons. The fourth-order valence-corrected chi connectivity index (χ4v) is 1.53. The summed E-state index contributed by atoms with van der Waals surface area (Å²) in [6, 6.07) is 19.3. The van der Waals surface area contributed by atoms with E-state index in [0.29, 0.717) is 0 Å². The summed E-state index contributed by atoms with van der Waals surface area (Å²) in [6.45, 7) is 0.270. The third-order valence-electron chi connectivity index (χ3n) is 2.49. The standard InChI is InChI=1S/C16H15NO2/c18-16(19-13-15-9-5-2-6-10-15)17-12-11-14-7-3-1-4-8-14/h1-12H,13H2,(H,17,18)/b12-11+. The van der Waals surface area contributed by atoms with Crippen LogP contribution in [0, 0.1) is 0 Å². The van der Waals surface area contributed by atoms with Crippen LogP contribution in [0.1, 0.15) is 11.1 Å². The van der Waals surface area contributed by atoms with Gasteiger partial charge in [0.1, 0.15) is 6.61 Å². The van der Waals surface area contributed by atoms with Crippen LogP contribution in [-0.2, 0) is 11.3 Å². The van der Waals surface area contributed by atoms with E-state index in [9.17, 15) is 4.79 Å². The van der Waals surface area contributed by atoms with Crippen molar-refractivity contribution in [2.45, 2.75) is 6.61 Å². The second-order valence-corrected chi connectivity index (χ2v) is 3.95. The number of benzene rings is 2. The number of hydrogen-bond acceptors (Lipinski definition) is 2. The smallest absolute Gasteiger partial charge is 0.411 e. The molecule has 0 aliphatic carbocycles. The van der Waals surface area contributed by atoms with Crippen molar-refractivity contribution in [3.05, 3.63) is 78.0 Å². The first-order valence-corrected chi connectivity index (χ1v) is 6.03. The predicted octanol–water partition coefficient (Wildman–Crippen LogP) is 3.58. The summed E-state index contributed by atoms with van der Waals surface area (Å²) in [5.74, 6) is 0. The maximum Gasteiger partial charge on any atom is 0.411 e. The highest BCUT2D eigenvalue weighted by Crippen LogP contribution is 2.01. The van der Waals surface area contributed by atoms with Crippen LogP contribution in [0.3, 0.4) is 0 Å². The van der Waals surface area contributed by atoms with Gasteiger partial charge in [0.15, 0.2) is 0 Å². The number of nitrogens with one attached hydrogen (secondary N) is 1. The van der Waals surface area contributed by atoms with Gasteiger partial charge in [-0.05, 0) is 17.2 Å². The molecule has 3 nitrogen and oxygen atoms in total. The van der Waals surface area contributed by atoms with Crippen molar-refractivity contribution in [2.75, 3.05) is 0 Å². The molecule has 0 aliphatic heterocycles. The maximum atomic E-state index is 11.4. The second-order valence-electron chi connectivity index (χ2n) is 3.95. The molecule has 2 rings (SSSR count). The normalized spacial score (nSPS) is 10.3. The summed E-state index contributed by atoms with van der Waals surface area (Å²) in [5.41, 5.74) is 1.98. The van der Waals surface area contributed by atoms with E-state index >= 15 is 0 Å². The van der Waals surface area contributed by atoms with Crippen molar-refractivity contribution in [3.63, 3.8) is 0 Å². The maximum absolute atomic E-state index is 11.4. The zero-order chi connectivity index (χ0) is 13.3. The Morgan fingerprint density at radius 1 is 1.00 bits per heavy atom.